The van der Waals surface area contributed by atoms with Crippen molar-refractivity contribution in [3.05, 3.63) is 36.0 Å². The molecule has 142 valence electrons. The Kier molecular flexibility index (Phi) is 5.37. The van der Waals surface area contributed by atoms with Crippen molar-refractivity contribution in [2.75, 3.05) is 0 Å². The number of ether oxygens (including phenoxy) is 3. The van der Waals surface area contributed by atoms with Gasteiger partial charge in [0, 0.05) is 18.4 Å². The SMILES string of the molecule is C=C1C(=O)OC2/C=C(\C)CC/C=C/CCC3OC3(C)C(OC(C)=O)CC12. The normalized spacial score (nSPS) is 41.0. The third-order valence-corrected chi connectivity index (χ3v) is 5.66. The van der Waals surface area contributed by atoms with Crippen LogP contribution in [-0.4, -0.2) is 35.9 Å². The Bertz CT molecular complexity index is 661. The highest BCUT2D eigenvalue weighted by Crippen LogP contribution is 2.47. The molecule has 5 unspecified atom stereocenters. The van der Waals surface area contributed by atoms with Crippen LogP contribution in [0.5, 0.6) is 0 Å². The van der Waals surface area contributed by atoms with Crippen molar-refractivity contribution in [2.24, 2.45) is 5.92 Å². The van der Waals surface area contributed by atoms with Gasteiger partial charge in [-0.25, -0.2) is 4.79 Å². The van der Waals surface area contributed by atoms with Gasteiger partial charge in [-0.05, 0) is 52.0 Å². The molecule has 0 aromatic rings. The second-order valence-electron chi connectivity index (χ2n) is 7.73. The summed E-state index contributed by atoms with van der Waals surface area (Å²) in [5, 5.41) is 0. The molecule has 2 fully saturated rings. The number of esters is 2. The lowest BCUT2D eigenvalue weighted by atomic mass is 9.84. The van der Waals surface area contributed by atoms with E-state index in [0.29, 0.717) is 12.0 Å². The Morgan fingerprint density at radius 2 is 2.08 bits per heavy atom. The summed E-state index contributed by atoms with van der Waals surface area (Å²) < 4.78 is 17.1. The Balaban J connectivity index is 1.89. The number of hydrogen-bond acceptors (Lipinski definition) is 5. The molecule has 1 aliphatic carbocycles. The first-order valence-corrected chi connectivity index (χ1v) is 9.38. The largest absolute Gasteiger partial charge is 0.459 e. The van der Waals surface area contributed by atoms with E-state index in [2.05, 4.69) is 25.7 Å². The molecular weight excluding hydrogens is 332 g/mol. The number of rotatable bonds is 1. The molecule has 0 spiro atoms. The molecule has 3 aliphatic rings. The summed E-state index contributed by atoms with van der Waals surface area (Å²) in [7, 11) is 0. The molecule has 0 N–H and O–H groups in total. The van der Waals surface area contributed by atoms with Crippen LogP contribution in [0.25, 0.3) is 0 Å². The van der Waals surface area contributed by atoms with Crippen molar-refractivity contribution in [1.82, 2.24) is 0 Å². The fraction of sp³-hybridized carbons (Fsp3) is 0.619. The zero-order valence-electron chi connectivity index (χ0n) is 15.8. The van der Waals surface area contributed by atoms with Crippen LogP contribution in [0.4, 0.5) is 0 Å². The Morgan fingerprint density at radius 3 is 2.81 bits per heavy atom. The zero-order chi connectivity index (χ0) is 18.9. The van der Waals surface area contributed by atoms with Crippen LogP contribution in [0.3, 0.4) is 0 Å². The molecule has 2 aliphatic heterocycles. The number of allylic oxidation sites excluding steroid dienone is 3. The number of carbonyl (C=O) groups excluding carboxylic acids is 2. The average Bonchev–Trinajstić information content (AvgIpc) is 3.16. The van der Waals surface area contributed by atoms with Gasteiger partial charge in [-0.2, -0.15) is 0 Å². The highest BCUT2D eigenvalue weighted by Gasteiger charge is 2.59. The lowest BCUT2D eigenvalue weighted by molar-refractivity contribution is -0.151. The number of hydrogen-bond donors (Lipinski definition) is 0. The molecule has 0 radical (unpaired) electrons. The van der Waals surface area contributed by atoms with E-state index in [1.54, 1.807) is 0 Å². The van der Waals surface area contributed by atoms with Gasteiger partial charge in [0.1, 0.15) is 17.8 Å². The molecule has 5 heteroatoms. The molecule has 0 saturated carbocycles. The van der Waals surface area contributed by atoms with Gasteiger partial charge in [-0.15, -0.1) is 0 Å². The minimum Gasteiger partial charge on any atom is -0.459 e. The van der Waals surface area contributed by atoms with E-state index < -0.39 is 11.7 Å². The van der Waals surface area contributed by atoms with Crippen LogP contribution in [0.1, 0.15) is 52.9 Å². The predicted molar refractivity (Wildman–Crippen MR) is 97.3 cm³/mol. The van der Waals surface area contributed by atoms with Gasteiger partial charge in [0.05, 0.1) is 6.10 Å². The lowest BCUT2D eigenvalue weighted by Gasteiger charge is -2.26. The minimum absolute atomic E-state index is 0.0569. The van der Waals surface area contributed by atoms with Crippen LogP contribution < -0.4 is 0 Å². The molecule has 0 aromatic carbocycles. The molecule has 0 aromatic heterocycles. The van der Waals surface area contributed by atoms with Crippen LogP contribution in [0, 0.1) is 5.92 Å². The smallest absolute Gasteiger partial charge is 0.334 e. The standard InChI is InChI=1S/C21H28O5/c1-13-9-7-5-6-8-10-18-21(4,26-18)19(24-15(3)22)12-16-14(2)20(23)25-17(16)11-13/h5-6,11,16-19H,2,7-10,12H2,1,3-4H3/b6-5+,13-11+. The van der Waals surface area contributed by atoms with Crippen LogP contribution in [0.15, 0.2) is 36.0 Å². The highest BCUT2D eigenvalue weighted by molar-refractivity contribution is 5.91. The summed E-state index contributed by atoms with van der Waals surface area (Å²) >= 11 is 0. The molecule has 5 nitrogen and oxygen atoms in total. The first-order valence-electron chi connectivity index (χ1n) is 9.38. The van der Waals surface area contributed by atoms with Crippen LogP contribution in [-0.2, 0) is 23.8 Å². The predicted octanol–water partition coefficient (Wildman–Crippen LogP) is 3.64. The zero-order valence-corrected chi connectivity index (χ0v) is 15.8. The monoisotopic (exact) mass is 360 g/mol. The van der Waals surface area contributed by atoms with Gasteiger partial charge in [0.2, 0.25) is 0 Å². The summed E-state index contributed by atoms with van der Waals surface area (Å²) in [6, 6.07) is 0. The maximum Gasteiger partial charge on any atom is 0.334 e. The highest BCUT2D eigenvalue weighted by atomic mass is 16.6. The molecule has 2 saturated heterocycles. The van der Waals surface area contributed by atoms with Crippen LogP contribution in [0.2, 0.25) is 0 Å². The van der Waals surface area contributed by atoms with Gasteiger partial charge in [-0.3, -0.25) is 4.79 Å². The summed E-state index contributed by atoms with van der Waals surface area (Å²) in [4.78, 5) is 23.8. The Morgan fingerprint density at radius 1 is 1.35 bits per heavy atom. The average molecular weight is 360 g/mol. The molecule has 5 atom stereocenters. The second-order valence-corrected chi connectivity index (χ2v) is 7.73. The maximum absolute atomic E-state index is 12.1. The summed E-state index contributed by atoms with van der Waals surface area (Å²) in [5.74, 6) is -0.916. The second kappa shape index (κ2) is 7.39. The van der Waals surface area contributed by atoms with Crippen molar-refractivity contribution in [3.8, 4) is 0 Å². The van der Waals surface area contributed by atoms with E-state index >= 15 is 0 Å². The van der Waals surface area contributed by atoms with E-state index in [0.717, 1.165) is 25.7 Å². The molecule has 26 heavy (non-hydrogen) atoms. The molecule has 2 heterocycles. The van der Waals surface area contributed by atoms with E-state index in [-0.39, 0.29) is 30.1 Å². The topological polar surface area (TPSA) is 65.1 Å². The molecule has 0 bridgehead atoms. The first-order chi connectivity index (χ1) is 12.3. The fourth-order valence-electron chi connectivity index (χ4n) is 3.95. The van der Waals surface area contributed by atoms with Crippen molar-refractivity contribution < 1.29 is 23.8 Å². The summed E-state index contributed by atoms with van der Waals surface area (Å²) in [6.45, 7) is 9.36. The van der Waals surface area contributed by atoms with Crippen molar-refractivity contribution in [2.45, 2.75) is 76.8 Å². The maximum atomic E-state index is 12.1. The van der Waals surface area contributed by atoms with Crippen molar-refractivity contribution in [1.29, 1.82) is 0 Å². The molecule has 0 amide bonds. The Hall–Kier alpha value is -1.88. The van der Waals surface area contributed by atoms with Gasteiger partial charge in [0.25, 0.3) is 0 Å². The van der Waals surface area contributed by atoms with Crippen molar-refractivity contribution in [3.63, 3.8) is 0 Å². The van der Waals surface area contributed by atoms with Gasteiger partial charge in [0.15, 0.2) is 0 Å². The summed E-state index contributed by atoms with van der Waals surface area (Å²) in [6.07, 6.45) is 9.85. The number of fused-ring (bicyclic) bond motifs is 2. The summed E-state index contributed by atoms with van der Waals surface area (Å²) in [5.41, 5.74) is 1.11. The van der Waals surface area contributed by atoms with Crippen LogP contribution >= 0.6 is 0 Å². The lowest BCUT2D eigenvalue weighted by Crippen LogP contribution is -2.37. The van der Waals surface area contributed by atoms with E-state index in [4.69, 9.17) is 14.2 Å². The third-order valence-electron chi connectivity index (χ3n) is 5.66. The first kappa shape index (κ1) is 18.9. The van der Waals surface area contributed by atoms with E-state index in [9.17, 15) is 9.59 Å². The van der Waals surface area contributed by atoms with Gasteiger partial charge < -0.3 is 14.2 Å². The minimum atomic E-state index is -0.515. The van der Waals surface area contributed by atoms with Gasteiger partial charge >= 0.3 is 11.9 Å². The van der Waals surface area contributed by atoms with E-state index in [1.807, 2.05) is 13.0 Å². The number of epoxide rings is 1. The third kappa shape index (κ3) is 3.93. The number of carbonyl (C=O) groups is 2. The molecular formula is C21H28O5. The Labute approximate surface area is 155 Å². The molecule has 3 rings (SSSR count). The van der Waals surface area contributed by atoms with Gasteiger partial charge in [-0.1, -0.05) is 24.3 Å². The van der Waals surface area contributed by atoms with E-state index in [1.165, 1.54) is 12.5 Å². The fourth-order valence-corrected chi connectivity index (χ4v) is 3.95. The quantitative estimate of drug-likeness (QED) is 0.309. The van der Waals surface area contributed by atoms with Crippen molar-refractivity contribution >= 4 is 11.9 Å².